The number of hydrogen-bond acceptors (Lipinski definition) is 3. The molecular weight excluding hydrogens is 200 g/mol. The van der Waals surface area contributed by atoms with Crippen molar-refractivity contribution in [2.24, 2.45) is 7.05 Å². The molecule has 4 heteroatoms. The lowest BCUT2D eigenvalue weighted by Gasteiger charge is -2.14. The summed E-state index contributed by atoms with van der Waals surface area (Å²) in [6, 6.07) is 0. The third kappa shape index (κ3) is 1.76. The van der Waals surface area contributed by atoms with Crippen LogP contribution >= 0.6 is 0 Å². The van der Waals surface area contributed by atoms with E-state index in [0.29, 0.717) is 0 Å². The van der Waals surface area contributed by atoms with E-state index >= 15 is 0 Å². The van der Waals surface area contributed by atoms with Crippen LogP contribution in [0.1, 0.15) is 29.8 Å². The Morgan fingerprint density at radius 3 is 2.88 bits per heavy atom. The highest BCUT2D eigenvalue weighted by Crippen LogP contribution is 2.19. The second kappa shape index (κ2) is 4.18. The lowest BCUT2D eigenvalue weighted by atomic mass is 10.1. The summed E-state index contributed by atoms with van der Waals surface area (Å²) in [6.07, 6.45) is 3.91. The number of nitrogens with zero attached hydrogens (tertiary/aromatic N) is 3. The van der Waals surface area contributed by atoms with Gasteiger partial charge in [0.2, 0.25) is 0 Å². The van der Waals surface area contributed by atoms with Crippen molar-refractivity contribution in [1.82, 2.24) is 20.0 Å². The Hall–Kier alpha value is -0.870. The molecule has 1 aromatic heterocycles. The van der Waals surface area contributed by atoms with Crippen LogP contribution < -0.4 is 5.32 Å². The highest BCUT2D eigenvalue weighted by Gasteiger charge is 2.21. The summed E-state index contributed by atoms with van der Waals surface area (Å²) in [4.78, 5) is 2.57. The smallest absolute Gasteiger partial charge is 0.0810 e. The maximum atomic E-state index is 4.57. The van der Waals surface area contributed by atoms with E-state index in [4.69, 9.17) is 0 Å². The molecule has 0 radical (unpaired) electrons. The third-order valence-electron chi connectivity index (χ3n) is 3.82. The van der Waals surface area contributed by atoms with Crippen LogP contribution in [0.4, 0.5) is 0 Å². The third-order valence-corrected chi connectivity index (χ3v) is 3.82. The lowest BCUT2D eigenvalue weighted by molar-refractivity contribution is 0.340. The molecular formula is C12H20N4. The zero-order valence-corrected chi connectivity index (χ0v) is 10.00. The fraction of sp³-hybridized carbons (Fsp3) is 0.750. The van der Waals surface area contributed by atoms with Gasteiger partial charge in [0.1, 0.15) is 0 Å². The van der Waals surface area contributed by atoms with Gasteiger partial charge >= 0.3 is 0 Å². The van der Waals surface area contributed by atoms with Gasteiger partial charge in [-0.2, -0.15) is 5.10 Å². The quantitative estimate of drug-likeness (QED) is 0.812. The molecule has 3 heterocycles. The summed E-state index contributed by atoms with van der Waals surface area (Å²) >= 11 is 0. The molecule has 0 saturated carbocycles. The van der Waals surface area contributed by atoms with Gasteiger partial charge in [0.15, 0.2) is 0 Å². The lowest BCUT2D eigenvalue weighted by Crippen LogP contribution is -2.23. The van der Waals surface area contributed by atoms with Crippen LogP contribution in [-0.4, -0.2) is 34.3 Å². The number of hydrogen-bond donors (Lipinski definition) is 1. The molecule has 0 spiro atoms. The van der Waals surface area contributed by atoms with Gasteiger partial charge in [-0.1, -0.05) is 0 Å². The minimum absolute atomic E-state index is 0.951. The van der Waals surface area contributed by atoms with Crippen molar-refractivity contribution in [2.75, 3.05) is 19.6 Å². The van der Waals surface area contributed by atoms with Crippen LogP contribution in [0.2, 0.25) is 0 Å². The van der Waals surface area contributed by atoms with Crippen LogP contribution in [0.15, 0.2) is 0 Å². The van der Waals surface area contributed by atoms with Crippen molar-refractivity contribution in [3.05, 3.63) is 17.0 Å². The summed E-state index contributed by atoms with van der Waals surface area (Å²) < 4.78 is 2.08. The second-order valence-corrected chi connectivity index (χ2v) is 4.90. The van der Waals surface area contributed by atoms with E-state index in [1.165, 1.54) is 49.4 Å². The minimum atomic E-state index is 0.951. The molecule has 2 aliphatic rings. The summed E-state index contributed by atoms with van der Waals surface area (Å²) in [5.74, 6) is 0. The molecule has 1 N–H and O–H groups in total. The highest BCUT2D eigenvalue weighted by atomic mass is 15.3. The van der Waals surface area contributed by atoms with E-state index in [0.717, 1.165) is 19.5 Å². The molecule has 88 valence electrons. The Labute approximate surface area is 96.6 Å². The van der Waals surface area contributed by atoms with E-state index in [1.807, 2.05) is 0 Å². The molecule has 0 unspecified atom stereocenters. The van der Waals surface area contributed by atoms with Gasteiger partial charge in [0, 0.05) is 44.4 Å². The van der Waals surface area contributed by atoms with Crippen molar-refractivity contribution < 1.29 is 0 Å². The molecule has 2 aliphatic heterocycles. The van der Waals surface area contributed by atoms with E-state index in [-0.39, 0.29) is 0 Å². The zero-order chi connectivity index (χ0) is 11.0. The van der Waals surface area contributed by atoms with E-state index in [9.17, 15) is 0 Å². The molecule has 0 amide bonds. The summed E-state index contributed by atoms with van der Waals surface area (Å²) in [5, 5.41) is 7.95. The van der Waals surface area contributed by atoms with Gasteiger partial charge in [-0.15, -0.1) is 0 Å². The van der Waals surface area contributed by atoms with Crippen LogP contribution in [0.25, 0.3) is 0 Å². The van der Waals surface area contributed by atoms with Crippen molar-refractivity contribution in [3.63, 3.8) is 0 Å². The number of aromatic nitrogens is 2. The fourth-order valence-corrected chi connectivity index (χ4v) is 2.90. The van der Waals surface area contributed by atoms with Crippen molar-refractivity contribution in [1.29, 1.82) is 0 Å². The molecule has 4 nitrogen and oxygen atoms in total. The molecule has 0 atom stereocenters. The van der Waals surface area contributed by atoms with E-state index < -0.39 is 0 Å². The first-order valence-electron chi connectivity index (χ1n) is 6.31. The Balaban J connectivity index is 1.69. The first kappa shape index (κ1) is 10.3. The molecule has 0 bridgehead atoms. The largest absolute Gasteiger partial charge is 0.307 e. The van der Waals surface area contributed by atoms with Gasteiger partial charge < -0.3 is 10.2 Å². The number of nitrogens with one attached hydrogen (secondary N) is 1. The molecule has 16 heavy (non-hydrogen) atoms. The zero-order valence-electron chi connectivity index (χ0n) is 10.00. The molecule has 1 fully saturated rings. The Bertz CT molecular complexity index is 377. The number of fused-ring (bicyclic) bond motifs is 1. The van der Waals surface area contributed by atoms with Gasteiger partial charge in [0.05, 0.1) is 5.69 Å². The molecule has 0 aliphatic carbocycles. The standard InChI is InChI=1S/C12H20N4/c1-15-12(4-7-16-5-2-3-6-16)10-8-13-9-11(10)14-15/h13H,2-9H2,1H3. The summed E-state index contributed by atoms with van der Waals surface area (Å²) in [6.45, 7) is 5.74. The second-order valence-electron chi connectivity index (χ2n) is 4.90. The average Bonchev–Trinajstić information content (AvgIpc) is 2.92. The van der Waals surface area contributed by atoms with Crippen molar-refractivity contribution in [3.8, 4) is 0 Å². The predicted molar refractivity (Wildman–Crippen MR) is 63.1 cm³/mol. The summed E-state index contributed by atoms with van der Waals surface area (Å²) in [5.41, 5.74) is 4.16. The molecule has 0 aromatic carbocycles. The van der Waals surface area contributed by atoms with Gasteiger partial charge in [-0.3, -0.25) is 4.68 Å². The number of rotatable bonds is 3. The van der Waals surface area contributed by atoms with Crippen LogP contribution in [0, 0.1) is 0 Å². The van der Waals surface area contributed by atoms with E-state index in [1.54, 1.807) is 0 Å². The van der Waals surface area contributed by atoms with Crippen LogP contribution in [0.5, 0.6) is 0 Å². The predicted octanol–water partition coefficient (Wildman–Crippen LogP) is 0.662. The summed E-state index contributed by atoms with van der Waals surface area (Å²) in [7, 11) is 2.08. The maximum Gasteiger partial charge on any atom is 0.0810 e. The first-order valence-corrected chi connectivity index (χ1v) is 6.31. The molecule has 1 saturated heterocycles. The number of aryl methyl sites for hydroxylation is 1. The highest BCUT2D eigenvalue weighted by molar-refractivity contribution is 5.29. The van der Waals surface area contributed by atoms with Crippen LogP contribution in [-0.2, 0) is 26.6 Å². The normalized spacial score (nSPS) is 20.6. The van der Waals surface area contributed by atoms with Gasteiger partial charge in [-0.05, 0) is 25.9 Å². The monoisotopic (exact) mass is 220 g/mol. The minimum Gasteiger partial charge on any atom is -0.307 e. The topological polar surface area (TPSA) is 33.1 Å². The van der Waals surface area contributed by atoms with Crippen molar-refractivity contribution in [2.45, 2.75) is 32.4 Å². The molecule has 1 aromatic rings. The average molecular weight is 220 g/mol. The SMILES string of the molecule is Cn1nc2c(c1CCN1CCCC1)CNC2. The van der Waals surface area contributed by atoms with Crippen LogP contribution in [0.3, 0.4) is 0 Å². The Morgan fingerprint density at radius 1 is 1.25 bits per heavy atom. The van der Waals surface area contributed by atoms with Gasteiger partial charge in [-0.25, -0.2) is 0 Å². The van der Waals surface area contributed by atoms with Crippen molar-refractivity contribution >= 4 is 0 Å². The molecule has 3 rings (SSSR count). The Morgan fingerprint density at radius 2 is 2.06 bits per heavy atom. The fourth-order valence-electron chi connectivity index (χ4n) is 2.90. The van der Waals surface area contributed by atoms with E-state index in [2.05, 4.69) is 27.0 Å². The first-order chi connectivity index (χ1) is 7.84. The van der Waals surface area contributed by atoms with Gasteiger partial charge in [0.25, 0.3) is 0 Å². The Kier molecular flexibility index (Phi) is 2.69. The maximum absolute atomic E-state index is 4.57. The number of likely N-dealkylation sites (tertiary alicyclic amines) is 1.